The van der Waals surface area contributed by atoms with Crippen LogP contribution in [-0.2, 0) is 6.42 Å². The zero-order valence-electron chi connectivity index (χ0n) is 23.2. The number of ether oxygens (including phenoxy) is 1. The summed E-state index contributed by atoms with van der Waals surface area (Å²) in [6, 6.07) is 12.9. The number of nitrogens with zero attached hydrogens (tertiary/aromatic N) is 3. The monoisotopic (exact) mass is 546 g/mol. The average molecular weight is 547 g/mol. The Morgan fingerprint density at radius 2 is 1.95 bits per heavy atom. The van der Waals surface area contributed by atoms with Gasteiger partial charge in [-0.3, -0.25) is 4.90 Å². The van der Waals surface area contributed by atoms with E-state index < -0.39 is 0 Å². The van der Waals surface area contributed by atoms with Gasteiger partial charge in [-0.2, -0.15) is 0 Å². The maximum absolute atomic E-state index is 9.75. The molecule has 206 valence electrons. The Balaban J connectivity index is 1.35. The van der Waals surface area contributed by atoms with Crippen LogP contribution >= 0.6 is 11.6 Å². The molecule has 1 aliphatic carbocycles. The van der Waals surface area contributed by atoms with Crippen molar-refractivity contribution in [2.45, 2.75) is 64.9 Å². The molecule has 0 amide bonds. The van der Waals surface area contributed by atoms with E-state index in [0.29, 0.717) is 23.5 Å². The Morgan fingerprint density at radius 1 is 1.15 bits per heavy atom. The van der Waals surface area contributed by atoms with Crippen LogP contribution < -0.4 is 10.1 Å². The lowest BCUT2D eigenvalue weighted by atomic mass is 9.94. The number of aliphatic hydroxyl groups is 1. The van der Waals surface area contributed by atoms with E-state index in [0.717, 1.165) is 67.2 Å². The molecule has 2 N–H and O–H groups in total. The van der Waals surface area contributed by atoms with Crippen molar-refractivity contribution in [1.82, 2.24) is 14.9 Å². The molecule has 0 radical (unpaired) electrons. The quantitative estimate of drug-likeness (QED) is 0.288. The van der Waals surface area contributed by atoms with Crippen molar-refractivity contribution in [3.63, 3.8) is 0 Å². The fraction of sp³-hybridized carbons (Fsp3) is 0.438. The van der Waals surface area contributed by atoms with Gasteiger partial charge in [-0.25, -0.2) is 9.97 Å². The van der Waals surface area contributed by atoms with Crippen molar-refractivity contribution >= 4 is 28.8 Å². The van der Waals surface area contributed by atoms with Crippen LogP contribution in [0.4, 0.5) is 11.6 Å². The van der Waals surface area contributed by atoms with Gasteiger partial charge in [-0.05, 0) is 80.7 Å². The van der Waals surface area contributed by atoms with Crippen molar-refractivity contribution in [1.29, 1.82) is 0 Å². The summed E-state index contributed by atoms with van der Waals surface area (Å²) >= 11 is 6.65. The van der Waals surface area contributed by atoms with Crippen LogP contribution in [0.25, 0.3) is 5.57 Å². The molecule has 2 aromatic carbocycles. The molecule has 1 saturated carbocycles. The van der Waals surface area contributed by atoms with Crippen molar-refractivity contribution in [3.8, 4) is 5.75 Å². The summed E-state index contributed by atoms with van der Waals surface area (Å²) in [6.07, 6.45) is 8.62. The first kappa shape index (κ1) is 27.6. The largest absolute Gasteiger partial charge is 0.492 e. The van der Waals surface area contributed by atoms with Crippen LogP contribution in [0.1, 0.15) is 73.4 Å². The summed E-state index contributed by atoms with van der Waals surface area (Å²) in [7, 11) is 0. The number of benzene rings is 2. The Hall–Kier alpha value is -2.93. The van der Waals surface area contributed by atoms with Crippen LogP contribution in [0.3, 0.4) is 0 Å². The molecule has 2 fully saturated rings. The van der Waals surface area contributed by atoms with Gasteiger partial charge in [0.2, 0.25) is 5.95 Å². The maximum atomic E-state index is 9.75. The van der Waals surface area contributed by atoms with E-state index in [9.17, 15) is 5.11 Å². The van der Waals surface area contributed by atoms with Gasteiger partial charge in [-0.15, -0.1) is 0 Å². The van der Waals surface area contributed by atoms with Gasteiger partial charge in [0.05, 0.1) is 23.0 Å². The third-order valence-electron chi connectivity index (χ3n) is 7.69. The lowest BCUT2D eigenvalue weighted by Crippen LogP contribution is -2.38. The Kier molecular flexibility index (Phi) is 8.85. The van der Waals surface area contributed by atoms with Gasteiger partial charge >= 0.3 is 0 Å². The summed E-state index contributed by atoms with van der Waals surface area (Å²) in [5, 5.41) is 13.7. The Labute approximate surface area is 237 Å². The highest BCUT2D eigenvalue weighted by molar-refractivity contribution is 6.32. The summed E-state index contributed by atoms with van der Waals surface area (Å²) in [5.74, 6) is 1.95. The fourth-order valence-corrected chi connectivity index (χ4v) is 5.50. The second kappa shape index (κ2) is 12.5. The van der Waals surface area contributed by atoms with Crippen molar-refractivity contribution in [3.05, 3.63) is 81.6 Å². The lowest BCUT2D eigenvalue weighted by molar-refractivity contribution is 0.0755. The van der Waals surface area contributed by atoms with E-state index in [1.807, 2.05) is 13.0 Å². The van der Waals surface area contributed by atoms with Crippen LogP contribution in [0, 0.1) is 6.92 Å². The lowest BCUT2D eigenvalue weighted by Gasteiger charge is -2.29. The maximum Gasteiger partial charge on any atom is 0.227 e. The predicted molar refractivity (Wildman–Crippen MR) is 159 cm³/mol. The number of aromatic nitrogens is 2. The number of aliphatic hydroxyl groups excluding tert-OH is 1. The third kappa shape index (κ3) is 6.99. The minimum Gasteiger partial charge on any atom is -0.492 e. The molecular formula is C32H39ClN4O2. The third-order valence-corrected chi connectivity index (χ3v) is 7.96. The van der Waals surface area contributed by atoms with Gasteiger partial charge in [0.1, 0.15) is 12.4 Å². The number of piperidine rings is 1. The van der Waals surface area contributed by atoms with Gasteiger partial charge in [0.25, 0.3) is 0 Å². The van der Waals surface area contributed by atoms with E-state index >= 15 is 0 Å². The number of nitrogens with one attached hydrogen (secondary N) is 1. The molecule has 7 heteroatoms. The summed E-state index contributed by atoms with van der Waals surface area (Å²) in [4.78, 5) is 11.7. The molecule has 0 spiro atoms. The van der Waals surface area contributed by atoms with Gasteiger partial charge in [0.15, 0.2) is 0 Å². The average Bonchev–Trinajstić information content (AvgIpc) is 3.78. The highest BCUT2D eigenvalue weighted by Gasteiger charge is 2.25. The van der Waals surface area contributed by atoms with Crippen molar-refractivity contribution < 1.29 is 9.84 Å². The minimum absolute atomic E-state index is 0.156. The van der Waals surface area contributed by atoms with Gasteiger partial charge < -0.3 is 15.2 Å². The second-order valence-electron chi connectivity index (χ2n) is 10.7. The fourth-order valence-electron chi connectivity index (χ4n) is 5.31. The number of likely N-dealkylation sites (tertiary alicyclic amines) is 1. The Morgan fingerprint density at radius 3 is 2.67 bits per heavy atom. The highest BCUT2D eigenvalue weighted by atomic mass is 35.5. The van der Waals surface area contributed by atoms with Crippen LogP contribution in [0.5, 0.6) is 5.75 Å². The molecule has 39 heavy (non-hydrogen) atoms. The van der Waals surface area contributed by atoms with Gasteiger partial charge in [-0.1, -0.05) is 48.4 Å². The SMILES string of the molecule is C/C=C(\c1ccc(C)cc1CC)c1nc(Nc2cc(OCCN3CCC(O)CC3)cc(C3CC3)c2)ncc1Cl. The minimum atomic E-state index is -0.156. The molecule has 2 heterocycles. The first-order valence-electron chi connectivity index (χ1n) is 14.2. The zero-order chi connectivity index (χ0) is 27.4. The van der Waals surface area contributed by atoms with E-state index in [1.54, 1.807) is 6.20 Å². The van der Waals surface area contributed by atoms with E-state index in [2.05, 4.69) is 65.5 Å². The van der Waals surface area contributed by atoms with Crippen LogP contribution in [0.2, 0.25) is 5.02 Å². The van der Waals surface area contributed by atoms with Crippen molar-refractivity contribution in [2.24, 2.45) is 0 Å². The normalized spacial score (nSPS) is 16.9. The molecule has 0 atom stereocenters. The number of anilines is 2. The molecule has 1 aliphatic heterocycles. The first-order valence-corrected chi connectivity index (χ1v) is 14.6. The van der Waals surface area contributed by atoms with E-state index in [4.69, 9.17) is 21.3 Å². The summed E-state index contributed by atoms with van der Waals surface area (Å²) in [5.41, 5.74) is 7.58. The summed E-state index contributed by atoms with van der Waals surface area (Å²) < 4.78 is 6.21. The molecule has 2 aliphatic rings. The zero-order valence-corrected chi connectivity index (χ0v) is 24.0. The molecular weight excluding hydrogens is 508 g/mol. The smallest absolute Gasteiger partial charge is 0.227 e. The predicted octanol–water partition coefficient (Wildman–Crippen LogP) is 6.91. The molecule has 0 unspecified atom stereocenters. The number of hydrogen-bond donors (Lipinski definition) is 2. The van der Waals surface area contributed by atoms with E-state index in [1.165, 1.54) is 29.5 Å². The highest BCUT2D eigenvalue weighted by Crippen LogP contribution is 2.42. The molecule has 3 aromatic rings. The first-order chi connectivity index (χ1) is 18.9. The molecule has 6 nitrogen and oxygen atoms in total. The number of aryl methyl sites for hydroxylation is 2. The number of rotatable bonds is 10. The standard InChI is InChI=1S/C32H39ClN4O2/c1-4-22-16-21(3)6-9-29(22)28(5-2)31-30(33)20-34-32(36-31)35-25-17-24(23-7-8-23)18-27(19-25)39-15-14-37-12-10-26(38)11-13-37/h5-6,9,16-20,23,26,38H,4,7-8,10-15H2,1-3H3,(H,34,35,36)/b28-5+. The summed E-state index contributed by atoms with van der Waals surface area (Å²) in [6.45, 7) is 9.63. The van der Waals surface area contributed by atoms with Gasteiger partial charge in [0, 0.05) is 37.0 Å². The van der Waals surface area contributed by atoms with E-state index in [-0.39, 0.29) is 6.10 Å². The second-order valence-corrected chi connectivity index (χ2v) is 11.1. The number of hydrogen-bond acceptors (Lipinski definition) is 6. The Bertz CT molecular complexity index is 1330. The number of allylic oxidation sites excluding steroid dienone is 1. The molecule has 1 aromatic heterocycles. The van der Waals surface area contributed by atoms with Crippen LogP contribution in [-0.4, -0.2) is 52.3 Å². The molecule has 0 bridgehead atoms. The van der Waals surface area contributed by atoms with Crippen LogP contribution in [0.15, 0.2) is 48.7 Å². The van der Waals surface area contributed by atoms with Crippen molar-refractivity contribution in [2.75, 3.05) is 31.6 Å². The number of halogens is 1. The molecule has 5 rings (SSSR count). The molecule has 1 saturated heterocycles. The topological polar surface area (TPSA) is 70.5 Å².